The fourth-order valence-electron chi connectivity index (χ4n) is 3.13. The predicted molar refractivity (Wildman–Crippen MR) is 107 cm³/mol. The van der Waals surface area contributed by atoms with Crippen LogP contribution in [0.3, 0.4) is 0 Å². The van der Waals surface area contributed by atoms with Gasteiger partial charge in [-0.05, 0) is 40.9 Å². The van der Waals surface area contributed by atoms with Gasteiger partial charge in [-0.15, -0.1) is 0 Å². The van der Waals surface area contributed by atoms with Crippen molar-refractivity contribution < 1.29 is 15.2 Å². The topological polar surface area (TPSA) is 106 Å². The van der Waals surface area contributed by atoms with E-state index >= 15 is 0 Å². The third kappa shape index (κ3) is 3.51. The van der Waals surface area contributed by atoms with Gasteiger partial charge in [0.2, 0.25) is 0 Å². The third-order valence-electron chi connectivity index (χ3n) is 4.63. The monoisotopic (exact) mass is 380 g/mol. The quantitative estimate of drug-likeness (QED) is 0.510. The molecule has 0 fully saturated rings. The number of benzene rings is 2. The molecule has 2 heterocycles. The molecule has 0 radical (unpaired) electrons. The summed E-state index contributed by atoms with van der Waals surface area (Å²) in [5.74, 6) is 1.99. The number of hydrogen-bond acceptors (Lipinski definition) is 6. The van der Waals surface area contributed by atoms with Gasteiger partial charge in [0.25, 0.3) is 5.56 Å². The van der Waals surface area contributed by atoms with Gasteiger partial charge in [0, 0.05) is 11.3 Å². The van der Waals surface area contributed by atoms with Crippen molar-refractivity contribution in [2.24, 2.45) is 0 Å². The van der Waals surface area contributed by atoms with E-state index in [4.69, 9.17) is 0 Å². The van der Waals surface area contributed by atoms with Crippen LogP contribution in [0.5, 0.6) is 5.75 Å². The lowest BCUT2D eigenvalue weighted by Crippen LogP contribution is -2.29. The molecule has 27 heavy (non-hydrogen) atoms. The lowest BCUT2D eigenvalue weighted by atomic mass is 9.80. The summed E-state index contributed by atoms with van der Waals surface area (Å²) >= 11 is 1.72. The Balaban J connectivity index is 1.70. The van der Waals surface area contributed by atoms with Crippen LogP contribution < -0.4 is 11.0 Å². The molecule has 0 saturated carbocycles. The number of phenolic OH excluding ortho intramolecular Hbond substituents is 1. The van der Waals surface area contributed by atoms with Crippen molar-refractivity contribution in [1.82, 2.24) is 9.97 Å². The van der Waals surface area contributed by atoms with Crippen LogP contribution in [0.2, 0.25) is 0 Å². The highest BCUT2D eigenvalue weighted by Gasteiger charge is 2.18. The first-order valence-electron chi connectivity index (χ1n) is 8.52. The zero-order valence-electron chi connectivity index (χ0n) is 14.3. The van der Waals surface area contributed by atoms with Crippen molar-refractivity contribution in [1.29, 1.82) is 0 Å². The van der Waals surface area contributed by atoms with E-state index in [9.17, 15) is 19.9 Å². The largest absolute Gasteiger partial charge is 0.507 e. The zero-order chi connectivity index (χ0) is 19.0. The molecule has 4 N–H and O–H groups in total. The van der Waals surface area contributed by atoms with Gasteiger partial charge in [0.15, 0.2) is 0 Å². The van der Waals surface area contributed by atoms with Crippen molar-refractivity contribution in [3.8, 4) is 28.3 Å². The summed E-state index contributed by atoms with van der Waals surface area (Å²) in [4.78, 5) is 19.6. The van der Waals surface area contributed by atoms with Crippen LogP contribution >= 0.6 is 11.8 Å². The van der Waals surface area contributed by atoms with Gasteiger partial charge in [0.05, 0.1) is 11.3 Å². The minimum absolute atomic E-state index is 0.0204. The molecule has 0 saturated heterocycles. The first kappa shape index (κ1) is 17.8. The summed E-state index contributed by atoms with van der Waals surface area (Å²) in [7, 11) is -1.51. The summed E-state index contributed by atoms with van der Waals surface area (Å²) in [5.41, 5.74) is 3.83. The highest BCUT2D eigenvalue weighted by molar-refractivity contribution is 7.98. The Bertz CT molecular complexity index is 1050. The fraction of sp³-hybridized carbons (Fsp3) is 0.158. The lowest BCUT2D eigenvalue weighted by Gasteiger charge is -2.15. The van der Waals surface area contributed by atoms with Gasteiger partial charge in [-0.1, -0.05) is 30.3 Å². The summed E-state index contributed by atoms with van der Waals surface area (Å²) in [6.45, 7) is 0. The Morgan fingerprint density at radius 2 is 1.81 bits per heavy atom. The Morgan fingerprint density at radius 3 is 2.52 bits per heavy atom. The molecule has 6 nitrogen and oxygen atoms in total. The van der Waals surface area contributed by atoms with Crippen molar-refractivity contribution in [3.63, 3.8) is 0 Å². The number of aromatic hydroxyl groups is 1. The van der Waals surface area contributed by atoms with Crippen molar-refractivity contribution in [2.75, 3.05) is 5.75 Å². The van der Waals surface area contributed by atoms with Crippen LogP contribution in [0.15, 0.2) is 47.3 Å². The second kappa shape index (κ2) is 7.23. The molecule has 1 aliphatic heterocycles. The first-order valence-corrected chi connectivity index (χ1v) is 9.68. The minimum Gasteiger partial charge on any atom is -0.507 e. The predicted octanol–water partition coefficient (Wildman–Crippen LogP) is 1.28. The molecule has 0 amide bonds. The Labute approximate surface area is 160 Å². The average molecular weight is 380 g/mol. The van der Waals surface area contributed by atoms with E-state index in [1.54, 1.807) is 48.2 Å². The maximum atomic E-state index is 12.3. The van der Waals surface area contributed by atoms with Crippen LogP contribution in [0.1, 0.15) is 11.3 Å². The van der Waals surface area contributed by atoms with E-state index < -0.39 is 7.12 Å². The number of aromatic amines is 1. The minimum atomic E-state index is -1.51. The van der Waals surface area contributed by atoms with Gasteiger partial charge >= 0.3 is 7.12 Å². The molecule has 0 spiro atoms. The molecule has 0 unspecified atom stereocenters. The zero-order valence-corrected chi connectivity index (χ0v) is 15.2. The summed E-state index contributed by atoms with van der Waals surface area (Å²) < 4.78 is 0. The van der Waals surface area contributed by atoms with E-state index in [0.29, 0.717) is 22.6 Å². The van der Waals surface area contributed by atoms with Crippen LogP contribution in [0, 0.1) is 0 Å². The molecule has 1 aliphatic rings. The number of H-pyrrole nitrogens is 1. The average Bonchev–Trinajstić information content (AvgIpc) is 2.68. The molecular formula is C19H17BN2O4S. The van der Waals surface area contributed by atoms with Gasteiger partial charge in [-0.3, -0.25) is 4.79 Å². The highest BCUT2D eigenvalue weighted by atomic mass is 32.2. The smallest absolute Gasteiger partial charge is 0.488 e. The Kier molecular flexibility index (Phi) is 4.78. The molecule has 1 aromatic heterocycles. The van der Waals surface area contributed by atoms with E-state index in [2.05, 4.69) is 9.97 Å². The number of aromatic nitrogens is 2. The second-order valence-electron chi connectivity index (χ2n) is 6.37. The Hall–Kier alpha value is -2.55. The second-order valence-corrected chi connectivity index (χ2v) is 7.48. The molecule has 4 rings (SSSR count). The molecule has 0 bridgehead atoms. The number of aryl methyl sites for hydroxylation is 1. The molecule has 136 valence electrons. The fourth-order valence-corrected chi connectivity index (χ4v) is 4.11. The van der Waals surface area contributed by atoms with Gasteiger partial charge in [0.1, 0.15) is 11.6 Å². The van der Waals surface area contributed by atoms with Crippen LogP contribution in [0.25, 0.3) is 22.5 Å². The van der Waals surface area contributed by atoms with E-state index in [1.807, 2.05) is 6.07 Å². The lowest BCUT2D eigenvalue weighted by molar-refractivity contribution is 0.426. The van der Waals surface area contributed by atoms with Gasteiger partial charge in [-0.2, -0.15) is 11.8 Å². The summed E-state index contributed by atoms with van der Waals surface area (Å²) in [5, 5.41) is 28.9. The highest BCUT2D eigenvalue weighted by Crippen LogP contribution is 2.32. The number of nitrogens with one attached hydrogen (secondary N) is 1. The summed E-state index contributed by atoms with van der Waals surface area (Å²) in [6.07, 6.45) is 0.749. The third-order valence-corrected chi connectivity index (χ3v) is 5.61. The number of nitrogens with zero attached hydrogens (tertiary/aromatic N) is 1. The van der Waals surface area contributed by atoms with Crippen LogP contribution in [-0.4, -0.2) is 38.0 Å². The van der Waals surface area contributed by atoms with Crippen LogP contribution in [-0.2, 0) is 12.2 Å². The van der Waals surface area contributed by atoms with E-state index in [-0.39, 0.29) is 11.3 Å². The standard InChI is InChI=1S/C19H17BN2O4S/c23-17-9-12(11-1-4-13(5-2-11)20(25)26)3-6-14(17)18-21-16-7-8-27-10-15(16)19(24)22-18/h1-6,9,23,25-26H,7-8,10H2,(H,21,22,24). The van der Waals surface area contributed by atoms with Gasteiger partial charge < -0.3 is 20.1 Å². The maximum absolute atomic E-state index is 12.3. The van der Waals surface area contributed by atoms with Crippen molar-refractivity contribution in [2.45, 2.75) is 12.2 Å². The number of fused-ring (bicyclic) bond motifs is 1. The molecule has 2 aromatic carbocycles. The number of hydrogen-bond donors (Lipinski definition) is 4. The molecule has 0 aliphatic carbocycles. The number of thioether (sulfide) groups is 1. The maximum Gasteiger partial charge on any atom is 0.488 e. The van der Waals surface area contributed by atoms with Crippen molar-refractivity contribution >= 4 is 24.3 Å². The molecule has 8 heteroatoms. The number of phenols is 1. The SMILES string of the molecule is O=c1[nH]c(-c2ccc(-c3ccc(B(O)O)cc3)cc2O)nc2c1CSCC2. The first-order chi connectivity index (χ1) is 13.0. The van der Waals surface area contributed by atoms with Crippen molar-refractivity contribution in [3.05, 3.63) is 64.1 Å². The molecule has 0 atom stereocenters. The molecule has 3 aromatic rings. The number of rotatable bonds is 3. The van der Waals surface area contributed by atoms with Gasteiger partial charge in [-0.25, -0.2) is 4.98 Å². The van der Waals surface area contributed by atoms with E-state index in [1.165, 1.54) is 0 Å². The molecular weight excluding hydrogens is 363 g/mol. The van der Waals surface area contributed by atoms with E-state index in [0.717, 1.165) is 34.6 Å². The Morgan fingerprint density at radius 1 is 1.07 bits per heavy atom. The van der Waals surface area contributed by atoms with Crippen LogP contribution in [0.4, 0.5) is 0 Å². The normalized spacial score (nSPS) is 13.3. The summed E-state index contributed by atoms with van der Waals surface area (Å²) in [6, 6.07) is 11.9.